The van der Waals surface area contributed by atoms with Gasteiger partial charge in [-0.1, -0.05) is 11.6 Å². The Labute approximate surface area is 144 Å². The maximum Gasteiger partial charge on any atom is 0.136 e. The molecule has 3 rings (SSSR count). The first kappa shape index (κ1) is 16.3. The summed E-state index contributed by atoms with van der Waals surface area (Å²) in [5, 5.41) is 9.93. The van der Waals surface area contributed by atoms with Crippen LogP contribution in [0.5, 0.6) is 5.75 Å². The van der Waals surface area contributed by atoms with Crippen LogP contribution in [0.2, 0.25) is 5.02 Å². The van der Waals surface area contributed by atoms with Crippen molar-refractivity contribution in [3.05, 3.63) is 76.3 Å². The Morgan fingerprint density at radius 1 is 1.08 bits per heavy atom. The number of aromatic hydroxyl groups is 1. The zero-order valence-corrected chi connectivity index (χ0v) is 14.0. The van der Waals surface area contributed by atoms with Crippen LogP contribution >= 0.6 is 11.6 Å². The molecule has 0 unspecified atom stereocenters. The molecule has 0 amide bonds. The number of benzene rings is 2. The van der Waals surface area contributed by atoms with Gasteiger partial charge in [0.15, 0.2) is 0 Å². The van der Waals surface area contributed by atoms with Crippen LogP contribution in [-0.2, 0) is 0 Å². The third-order valence-corrected chi connectivity index (χ3v) is 4.16. The number of aryl methyl sites for hydroxylation is 1. The average molecular weight is 343 g/mol. The van der Waals surface area contributed by atoms with Crippen molar-refractivity contribution in [3.63, 3.8) is 0 Å². The lowest BCUT2D eigenvalue weighted by molar-refractivity contribution is 0.476. The summed E-state index contributed by atoms with van der Waals surface area (Å²) in [6, 6.07) is 13.2. The van der Waals surface area contributed by atoms with Crippen LogP contribution < -0.4 is 0 Å². The van der Waals surface area contributed by atoms with E-state index in [1.165, 1.54) is 18.2 Å². The van der Waals surface area contributed by atoms with Gasteiger partial charge in [0.1, 0.15) is 11.6 Å². The minimum absolute atomic E-state index is 0.00287. The molecule has 0 spiro atoms. The van der Waals surface area contributed by atoms with Crippen LogP contribution in [0.25, 0.3) is 5.69 Å². The lowest BCUT2D eigenvalue weighted by Crippen LogP contribution is -1.99. The molecule has 0 saturated carbocycles. The quantitative estimate of drug-likeness (QED) is 0.641. The minimum atomic E-state index is -0.259. The molecule has 24 heavy (non-hydrogen) atoms. The predicted molar refractivity (Wildman–Crippen MR) is 95.6 cm³/mol. The van der Waals surface area contributed by atoms with Crippen LogP contribution in [0.1, 0.15) is 17.0 Å². The molecule has 0 atom stereocenters. The van der Waals surface area contributed by atoms with E-state index in [0.717, 1.165) is 22.6 Å². The fourth-order valence-corrected chi connectivity index (χ4v) is 2.75. The third kappa shape index (κ3) is 3.19. The highest BCUT2D eigenvalue weighted by Gasteiger charge is 2.09. The molecule has 2 aromatic carbocycles. The van der Waals surface area contributed by atoms with Crippen LogP contribution in [-0.4, -0.2) is 15.9 Å². The summed E-state index contributed by atoms with van der Waals surface area (Å²) >= 11 is 5.79. The molecule has 0 saturated heterocycles. The smallest absolute Gasteiger partial charge is 0.136 e. The van der Waals surface area contributed by atoms with Gasteiger partial charge in [0.25, 0.3) is 0 Å². The summed E-state index contributed by atoms with van der Waals surface area (Å²) < 4.78 is 15.2. The SMILES string of the molecule is Cc1cc(C=Nc2ccc(Cl)c(O)c2)c(C)n1-c1ccc(F)cc1. The zero-order chi connectivity index (χ0) is 17.3. The van der Waals surface area contributed by atoms with E-state index in [0.29, 0.717) is 10.7 Å². The van der Waals surface area contributed by atoms with Gasteiger partial charge in [-0.15, -0.1) is 0 Å². The Bertz CT molecular complexity index is 914. The van der Waals surface area contributed by atoms with Crippen molar-refractivity contribution >= 4 is 23.5 Å². The number of phenolic OH excluding ortho intramolecular Hbond substituents is 1. The van der Waals surface area contributed by atoms with E-state index in [1.54, 1.807) is 30.5 Å². The second-order valence-electron chi connectivity index (χ2n) is 5.53. The fourth-order valence-electron chi connectivity index (χ4n) is 2.63. The Morgan fingerprint density at radius 2 is 1.79 bits per heavy atom. The normalized spacial score (nSPS) is 11.3. The molecule has 0 bridgehead atoms. The van der Waals surface area contributed by atoms with Gasteiger partial charge < -0.3 is 9.67 Å². The fraction of sp³-hybridized carbons (Fsp3) is 0.105. The number of aromatic nitrogens is 1. The first-order chi connectivity index (χ1) is 11.5. The van der Waals surface area contributed by atoms with Crippen molar-refractivity contribution in [1.82, 2.24) is 4.57 Å². The Morgan fingerprint density at radius 3 is 2.46 bits per heavy atom. The largest absolute Gasteiger partial charge is 0.506 e. The van der Waals surface area contributed by atoms with Gasteiger partial charge in [-0.2, -0.15) is 0 Å². The first-order valence-electron chi connectivity index (χ1n) is 7.43. The summed E-state index contributed by atoms with van der Waals surface area (Å²) in [6.45, 7) is 3.97. The number of nitrogens with zero attached hydrogens (tertiary/aromatic N) is 2. The summed E-state index contributed by atoms with van der Waals surface area (Å²) in [5.41, 5.74) is 4.49. The number of hydrogen-bond donors (Lipinski definition) is 1. The number of phenols is 1. The molecule has 0 aliphatic carbocycles. The van der Waals surface area contributed by atoms with E-state index < -0.39 is 0 Å². The molecule has 3 aromatic rings. The van der Waals surface area contributed by atoms with Crippen molar-refractivity contribution in [2.45, 2.75) is 13.8 Å². The topological polar surface area (TPSA) is 37.5 Å². The molecular formula is C19H16ClFN2O. The highest BCUT2D eigenvalue weighted by molar-refractivity contribution is 6.32. The molecule has 0 radical (unpaired) electrons. The number of aliphatic imine (C=N–C) groups is 1. The molecule has 3 nitrogen and oxygen atoms in total. The van der Waals surface area contributed by atoms with E-state index in [2.05, 4.69) is 4.99 Å². The number of hydrogen-bond acceptors (Lipinski definition) is 2. The van der Waals surface area contributed by atoms with Gasteiger partial charge in [0.05, 0.1) is 10.7 Å². The molecular weight excluding hydrogens is 327 g/mol. The van der Waals surface area contributed by atoms with Gasteiger partial charge in [-0.05, 0) is 56.3 Å². The van der Waals surface area contributed by atoms with Gasteiger partial charge in [0, 0.05) is 34.9 Å². The third-order valence-electron chi connectivity index (χ3n) is 3.84. The second-order valence-corrected chi connectivity index (χ2v) is 5.94. The van der Waals surface area contributed by atoms with Crippen molar-refractivity contribution in [2.75, 3.05) is 0 Å². The van der Waals surface area contributed by atoms with Crippen LogP contribution in [0.15, 0.2) is 53.5 Å². The second kappa shape index (κ2) is 6.49. The molecule has 1 aromatic heterocycles. The van der Waals surface area contributed by atoms with E-state index in [-0.39, 0.29) is 11.6 Å². The molecule has 0 fully saturated rings. The Hall–Kier alpha value is -2.59. The predicted octanol–water partition coefficient (Wildman–Crippen LogP) is 5.34. The highest BCUT2D eigenvalue weighted by atomic mass is 35.5. The lowest BCUT2D eigenvalue weighted by Gasteiger charge is -2.09. The van der Waals surface area contributed by atoms with Crippen molar-refractivity contribution in [2.24, 2.45) is 4.99 Å². The van der Waals surface area contributed by atoms with Crippen LogP contribution in [0.3, 0.4) is 0 Å². The van der Waals surface area contributed by atoms with Crippen molar-refractivity contribution < 1.29 is 9.50 Å². The average Bonchev–Trinajstić information content (AvgIpc) is 2.84. The van der Waals surface area contributed by atoms with Crippen molar-refractivity contribution in [1.29, 1.82) is 0 Å². The molecule has 5 heteroatoms. The summed E-state index contributed by atoms with van der Waals surface area (Å²) in [6.07, 6.45) is 1.74. The maximum absolute atomic E-state index is 13.1. The maximum atomic E-state index is 13.1. The van der Waals surface area contributed by atoms with E-state index in [9.17, 15) is 9.50 Å². The Balaban J connectivity index is 1.95. The van der Waals surface area contributed by atoms with Gasteiger partial charge >= 0.3 is 0 Å². The monoisotopic (exact) mass is 342 g/mol. The molecule has 1 heterocycles. The number of rotatable bonds is 3. The first-order valence-corrected chi connectivity index (χ1v) is 7.81. The molecule has 0 aliphatic rings. The van der Waals surface area contributed by atoms with Crippen LogP contribution in [0, 0.1) is 19.7 Å². The lowest BCUT2D eigenvalue weighted by atomic mass is 10.2. The van der Waals surface area contributed by atoms with Crippen LogP contribution in [0.4, 0.5) is 10.1 Å². The Kier molecular flexibility index (Phi) is 4.40. The minimum Gasteiger partial charge on any atom is -0.506 e. The number of halogens is 2. The highest BCUT2D eigenvalue weighted by Crippen LogP contribution is 2.28. The van der Waals surface area contributed by atoms with Gasteiger partial charge in [-0.3, -0.25) is 4.99 Å². The van der Waals surface area contributed by atoms with E-state index in [1.807, 2.05) is 24.5 Å². The summed E-state index contributed by atoms with van der Waals surface area (Å²) in [5.74, 6) is -0.256. The van der Waals surface area contributed by atoms with E-state index >= 15 is 0 Å². The van der Waals surface area contributed by atoms with E-state index in [4.69, 9.17) is 11.6 Å². The summed E-state index contributed by atoms with van der Waals surface area (Å²) in [4.78, 5) is 4.38. The van der Waals surface area contributed by atoms with Crippen molar-refractivity contribution in [3.8, 4) is 11.4 Å². The van der Waals surface area contributed by atoms with Gasteiger partial charge in [-0.25, -0.2) is 4.39 Å². The molecule has 1 N–H and O–H groups in total. The molecule has 0 aliphatic heterocycles. The summed E-state index contributed by atoms with van der Waals surface area (Å²) in [7, 11) is 0. The standard InChI is InChI=1S/C19H16ClFN2O/c1-12-9-14(11-22-16-5-8-18(20)19(24)10-16)13(2)23(12)17-6-3-15(21)4-7-17/h3-11,24H,1-2H3. The zero-order valence-electron chi connectivity index (χ0n) is 13.3. The molecule has 122 valence electrons. The van der Waals surface area contributed by atoms with Gasteiger partial charge in [0.2, 0.25) is 0 Å².